The van der Waals surface area contributed by atoms with Crippen molar-refractivity contribution in [2.24, 2.45) is 0 Å². The van der Waals surface area contributed by atoms with Crippen molar-refractivity contribution < 1.29 is 129 Å². The molecule has 0 aliphatic heterocycles. The molecule has 0 bridgehead atoms. The second-order valence-electron chi connectivity index (χ2n) is 2.81. The molecule has 0 heterocycles. The molecule has 84 valence electrons. The molecule has 0 radical (unpaired) electrons. The average molecular weight is 328 g/mol. The molecule has 17 heavy (non-hydrogen) atoms. The molecule has 0 saturated heterocycles. The Labute approximate surface area is 185 Å². The van der Waals surface area contributed by atoms with Crippen LogP contribution in [0.15, 0.2) is 28.0 Å². The number of aryl methyl sites for hydroxylation is 1. The first-order valence-electron chi connectivity index (χ1n) is 3.65. The Bertz CT molecular complexity index is 593. The van der Waals surface area contributed by atoms with Gasteiger partial charge in [0.05, 0.1) is 9.79 Å². The van der Waals surface area contributed by atoms with Crippen LogP contribution in [-0.4, -0.2) is 25.9 Å². The minimum absolute atomic E-state index is 0. The van der Waals surface area contributed by atoms with Gasteiger partial charge in [0.2, 0.25) is 0 Å². The van der Waals surface area contributed by atoms with Crippen LogP contribution in [0.2, 0.25) is 0 Å². The predicted octanol–water partition coefficient (Wildman–Crippen LogP) is -6.19. The van der Waals surface area contributed by atoms with E-state index >= 15 is 0 Å². The van der Waals surface area contributed by atoms with Gasteiger partial charge in [0, 0.05) is 0 Å². The molecule has 0 saturated carbocycles. The van der Waals surface area contributed by atoms with Crippen LogP contribution in [0.4, 0.5) is 0 Å². The van der Waals surface area contributed by atoms with Gasteiger partial charge < -0.3 is 9.11 Å². The van der Waals surface area contributed by atoms with Crippen LogP contribution in [0.25, 0.3) is 0 Å². The molecule has 1 aromatic carbocycles. The van der Waals surface area contributed by atoms with Crippen LogP contribution in [0.5, 0.6) is 0 Å². The monoisotopic (exact) mass is 328 g/mol. The second-order valence-corrected chi connectivity index (χ2v) is 5.47. The van der Waals surface area contributed by atoms with Crippen molar-refractivity contribution in [2.45, 2.75) is 16.7 Å². The van der Waals surface area contributed by atoms with Gasteiger partial charge in [-0.1, -0.05) is 12.1 Å². The Hall–Kier alpha value is 2.31. The molecule has 0 amide bonds. The number of hydrogen-bond acceptors (Lipinski definition) is 6. The smallest absolute Gasteiger partial charge is 0.744 e. The topological polar surface area (TPSA) is 114 Å². The Balaban J connectivity index is 0. The zero-order chi connectivity index (χ0) is 11.9. The summed E-state index contributed by atoms with van der Waals surface area (Å²) in [7, 11) is -9.94. The van der Waals surface area contributed by atoms with Gasteiger partial charge >= 0.3 is 103 Å². The quantitative estimate of drug-likeness (QED) is 0.394. The third-order valence-corrected chi connectivity index (χ3v) is 3.75. The second kappa shape index (κ2) is 7.93. The van der Waals surface area contributed by atoms with E-state index in [1.165, 1.54) is 19.1 Å². The fourth-order valence-corrected chi connectivity index (χ4v) is 3.17. The largest absolute Gasteiger partial charge is 1.00 e. The van der Waals surface area contributed by atoms with E-state index in [2.05, 4.69) is 0 Å². The predicted molar refractivity (Wildman–Crippen MR) is 47.1 cm³/mol. The molecule has 6 nitrogen and oxygen atoms in total. The summed E-state index contributed by atoms with van der Waals surface area (Å²) in [6.07, 6.45) is 0. The van der Waals surface area contributed by atoms with Gasteiger partial charge in [-0.25, -0.2) is 16.8 Å². The van der Waals surface area contributed by atoms with Gasteiger partial charge in [0.1, 0.15) is 20.2 Å². The van der Waals surface area contributed by atoms with Gasteiger partial charge in [-0.3, -0.25) is 0 Å². The number of rotatable bonds is 2. The van der Waals surface area contributed by atoms with Crippen LogP contribution in [0.1, 0.15) is 5.56 Å². The van der Waals surface area contributed by atoms with Crippen LogP contribution < -0.4 is 103 Å². The fourth-order valence-electron chi connectivity index (χ4n) is 1.14. The summed E-state index contributed by atoms with van der Waals surface area (Å²) in [6.45, 7) is 1.24. The van der Waals surface area contributed by atoms with Crippen LogP contribution in [0.3, 0.4) is 0 Å². The van der Waals surface area contributed by atoms with Gasteiger partial charge in [-0.2, -0.15) is 0 Å². The van der Waals surface area contributed by atoms with Gasteiger partial charge in [0.15, 0.2) is 0 Å². The van der Waals surface area contributed by atoms with Crippen LogP contribution >= 0.6 is 0 Å². The van der Waals surface area contributed by atoms with E-state index in [9.17, 15) is 25.9 Å². The number of hydrogen-bond donors (Lipinski definition) is 0. The minimum atomic E-state index is -4.98. The SMILES string of the molecule is Cc1cccc(S(=O)(=O)[O-])c1S(=O)(=O)[O-].[K+].[K+]. The molecule has 0 aliphatic carbocycles. The molecule has 10 heteroatoms. The van der Waals surface area contributed by atoms with Gasteiger partial charge in [0.25, 0.3) is 0 Å². The molecule has 0 atom stereocenters. The van der Waals surface area contributed by atoms with Crippen LogP contribution in [0, 0.1) is 6.92 Å². The summed E-state index contributed by atoms with van der Waals surface area (Å²) < 4.78 is 64.4. The molecular formula is C7H6K2O6S2. The summed E-state index contributed by atoms with van der Waals surface area (Å²) in [5, 5.41) is 0. The fraction of sp³-hybridized carbons (Fsp3) is 0.143. The molecule has 1 rings (SSSR count). The van der Waals surface area contributed by atoms with E-state index in [-0.39, 0.29) is 108 Å². The van der Waals surface area contributed by atoms with Crippen molar-refractivity contribution in [3.63, 3.8) is 0 Å². The van der Waals surface area contributed by atoms with E-state index in [4.69, 9.17) is 0 Å². The Kier molecular flexibility index (Phi) is 10.1. The number of benzene rings is 1. The molecule has 0 aliphatic rings. The zero-order valence-corrected chi connectivity index (χ0v) is 17.4. The van der Waals surface area contributed by atoms with Crippen LogP contribution in [-0.2, 0) is 20.2 Å². The maximum absolute atomic E-state index is 10.8. The molecule has 0 aromatic heterocycles. The molecule has 0 fully saturated rings. The molecule has 0 unspecified atom stereocenters. The zero-order valence-electron chi connectivity index (χ0n) is 9.50. The van der Waals surface area contributed by atoms with Gasteiger partial charge in [-0.05, 0) is 18.6 Å². The van der Waals surface area contributed by atoms with Crippen molar-refractivity contribution in [3.8, 4) is 0 Å². The van der Waals surface area contributed by atoms with E-state index < -0.39 is 30.0 Å². The van der Waals surface area contributed by atoms with E-state index in [1.807, 2.05) is 0 Å². The molecule has 0 N–H and O–H groups in total. The summed E-state index contributed by atoms with van der Waals surface area (Å²) in [4.78, 5) is -1.97. The van der Waals surface area contributed by atoms with Crippen molar-refractivity contribution in [1.29, 1.82) is 0 Å². The Morgan fingerprint density at radius 2 is 1.41 bits per heavy atom. The van der Waals surface area contributed by atoms with E-state index in [0.29, 0.717) is 0 Å². The van der Waals surface area contributed by atoms with Crippen molar-refractivity contribution in [2.75, 3.05) is 0 Å². The summed E-state index contributed by atoms with van der Waals surface area (Å²) >= 11 is 0. The average Bonchev–Trinajstić information content (AvgIpc) is 1.99. The van der Waals surface area contributed by atoms with E-state index in [0.717, 1.165) is 6.07 Å². The molecule has 1 aromatic rings. The van der Waals surface area contributed by atoms with E-state index in [1.54, 1.807) is 0 Å². The van der Waals surface area contributed by atoms with Gasteiger partial charge in [-0.15, -0.1) is 0 Å². The normalized spacial score (nSPS) is 11.2. The summed E-state index contributed by atoms with van der Waals surface area (Å²) in [5.41, 5.74) is -0.0677. The minimum Gasteiger partial charge on any atom is -0.744 e. The van der Waals surface area contributed by atoms with Crippen molar-refractivity contribution in [1.82, 2.24) is 0 Å². The molecule has 0 spiro atoms. The summed E-state index contributed by atoms with van der Waals surface area (Å²) in [6, 6.07) is 3.22. The molecular weight excluding hydrogens is 322 g/mol. The first kappa shape index (κ1) is 21.6. The third kappa shape index (κ3) is 6.08. The summed E-state index contributed by atoms with van der Waals surface area (Å²) in [5.74, 6) is 0. The maximum Gasteiger partial charge on any atom is 1.00 e. The Morgan fingerprint density at radius 3 is 1.71 bits per heavy atom. The Morgan fingerprint density at radius 1 is 0.941 bits per heavy atom. The van der Waals surface area contributed by atoms with Crippen molar-refractivity contribution in [3.05, 3.63) is 23.8 Å². The van der Waals surface area contributed by atoms with Crippen molar-refractivity contribution >= 4 is 20.2 Å². The first-order valence-corrected chi connectivity index (χ1v) is 6.47. The maximum atomic E-state index is 10.8. The first-order chi connectivity index (χ1) is 6.64. The third-order valence-electron chi connectivity index (χ3n) is 1.70. The standard InChI is InChI=1S/C7H8O6S2.2K/c1-5-3-2-4-6(14(8,9)10)7(5)15(11,12)13;;/h2-4H,1H3,(H,8,9,10)(H,11,12,13);;/q;2*+1/p-2.